The van der Waals surface area contributed by atoms with Crippen LogP contribution >= 0.6 is 0 Å². The van der Waals surface area contributed by atoms with Gasteiger partial charge in [-0.25, -0.2) is 4.79 Å². The summed E-state index contributed by atoms with van der Waals surface area (Å²) in [6, 6.07) is 1.85. The van der Waals surface area contributed by atoms with Gasteiger partial charge in [0.25, 0.3) is 11.5 Å². The molecule has 8 nitrogen and oxygen atoms in total. The van der Waals surface area contributed by atoms with Gasteiger partial charge >= 0.3 is 5.97 Å². The number of nitrogens with one attached hydrogen (secondary N) is 1. The minimum atomic E-state index is -0.983. The quantitative estimate of drug-likeness (QED) is 0.772. The average Bonchev–Trinajstić information content (AvgIpc) is 2.95. The highest BCUT2D eigenvalue weighted by molar-refractivity contribution is 5.94. The summed E-state index contributed by atoms with van der Waals surface area (Å²) < 4.78 is 1.75. The maximum absolute atomic E-state index is 13.0. The van der Waals surface area contributed by atoms with Crippen molar-refractivity contribution >= 4 is 11.9 Å². The molecule has 0 aromatic carbocycles. The van der Waals surface area contributed by atoms with Crippen molar-refractivity contribution in [3.8, 4) is 0 Å². The molecule has 2 N–H and O–H groups in total. The molecule has 3 heterocycles. The lowest BCUT2D eigenvalue weighted by Crippen LogP contribution is -2.41. The maximum Gasteiger partial charge on any atom is 0.339 e. The molecule has 2 aliphatic rings. The van der Waals surface area contributed by atoms with E-state index >= 15 is 0 Å². The molecule has 0 radical (unpaired) electrons. The maximum atomic E-state index is 13.0. The fourth-order valence-corrected chi connectivity index (χ4v) is 4.50. The number of carbonyl (C=O) groups excluding carboxylic acids is 1. The fraction of sp³-hybridized carbons (Fsp3) is 0.524. The third-order valence-electron chi connectivity index (χ3n) is 6.19. The van der Waals surface area contributed by atoms with Gasteiger partial charge in [-0.1, -0.05) is 6.42 Å². The molecule has 1 aliphatic carbocycles. The lowest BCUT2D eigenvalue weighted by molar-refractivity contribution is 0.0686. The van der Waals surface area contributed by atoms with Crippen LogP contribution in [0.3, 0.4) is 0 Å². The Bertz CT molecular complexity index is 999. The number of hydrogen-bond acceptors (Lipinski definition) is 4. The topological polar surface area (TPSA) is 108 Å². The number of rotatable bonds is 3. The smallest absolute Gasteiger partial charge is 0.339 e. The number of piperidine rings is 1. The molecule has 2 aromatic heterocycles. The Kier molecular flexibility index (Phi) is 5.25. The van der Waals surface area contributed by atoms with E-state index in [9.17, 15) is 19.5 Å². The molecular weight excluding hydrogens is 372 g/mol. The van der Waals surface area contributed by atoms with E-state index < -0.39 is 5.97 Å². The number of aryl methyl sites for hydroxylation is 2. The number of carboxylic acid groups (broad SMARTS) is 1. The molecule has 1 aliphatic heterocycles. The second kappa shape index (κ2) is 7.85. The second-order valence-electron chi connectivity index (χ2n) is 7.99. The van der Waals surface area contributed by atoms with Gasteiger partial charge in [0.15, 0.2) is 0 Å². The summed E-state index contributed by atoms with van der Waals surface area (Å²) in [4.78, 5) is 41.4. The number of likely N-dealkylation sites (tertiary alicyclic amines) is 1. The number of fused-ring (bicyclic) bond motifs is 1. The number of aromatic nitrogens is 3. The van der Waals surface area contributed by atoms with Gasteiger partial charge in [0.1, 0.15) is 11.1 Å². The predicted octanol–water partition coefficient (Wildman–Crippen LogP) is 2.32. The molecule has 154 valence electrons. The lowest BCUT2D eigenvalue weighted by atomic mass is 10.0. The first-order valence-electron chi connectivity index (χ1n) is 10.3. The van der Waals surface area contributed by atoms with Gasteiger partial charge in [0, 0.05) is 18.8 Å². The van der Waals surface area contributed by atoms with E-state index in [-0.39, 0.29) is 28.6 Å². The third kappa shape index (κ3) is 3.71. The summed E-state index contributed by atoms with van der Waals surface area (Å²) in [5, 5.41) is 13.4. The Morgan fingerprint density at radius 2 is 1.86 bits per heavy atom. The summed E-state index contributed by atoms with van der Waals surface area (Å²) in [6.07, 6.45) is 7.80. The lowest BCUT2D eigenvalue weighted by Gasteiger charge is -2.32. The standard InChI is InChI=1S/C21H26N4O4/c1-13-17(21(28)29)12-22-25(13)15-7-9-24(10-8-15)20(27)16-11-14-5-3-2-4-6-18(14)23-19(16)26/h11-12,15H,2-10H2,1H3,(H,23,26)(H,28,29). The van der Waals surface area contributed by atoms with Gasteiger partial charge in [0.2, 0.25) is 0 Å². The van der Waals surface area contributed by atoms with Gasteiger partial charge in [0.05, 0.1) is 17.9 Å². The first-order chi connectivity index (χ1) is 14.0. The Balaban J connectivity index is 1.48. The van der Waals surface area contributed by atoms with E-state index in [0.29, 0.717) is 31.6 Å². The van der Waals surface area contributed by atoms with E-state index in [1.54, 1.807) is 22.6 Å². The van der Waals surface area contributed by atoms with Crippen molar-refractivity contribution in [2.45, 2.75) is 57.9 Å². The van der Waals surface area contributed by atoms with E-state index in [2.05, 4.69) is 10.1 Å². The van der Waals surface area contributed by atoms with Gasteiger partial charge in [-0.2, -0.15) is 5.10 Å². The Morgan fingerprint density at radius 1 is 1.14 bits per heavy atom. The van der Waals surface area contributed by atoms with E-state index in [0.717, 1.165) is 43.4 Å². The van der Waals surface area contributed by atoms with Crippen LogP contribution in [0, 0.1) is 6.92 Å². The highest BCUT2D eigenvalue weighted by Gasteiger charge is 2.28. The Morgan fingerprint density at radius 3 is 2.55 bits per heavy atom. The Hall–Kier alpha value is -2.90. The minimum absolute atomic E-state index is 0.0532. The van der Waals surface area contributed by atoms with Crippen molar-refractivity contribution in [1.82, 2.24) is 19.7 Å². The molecule has 1 amide bonds. The molecule has 1 saturated heterocycles. The molecule has 0 spiro atoms. The highest BCUT2D eigenvalue weighted by atomic mass is 16.4. The number of carboxylic acids is 1. The average molecular weight is 398 g/mol. The minimum Gasteiger partial charge on any atom is -0.478 e. The van der Waals surface area contributed by atoms with Crippen LogP contribution in [0.5, 0.6) is 0 Å². The summed E-state index contributed by atoms with van der Waals surface area (Å²) in [7, 11) is 0. The number of H-pyrrole nitrogens is 1. The Labute approximate surface area is 168 Å². The number of pyridine rings is 1. The summed E-state index contributed by atoms with van der Waals surface area (Å²) >= 11 is 0. The second-order valence-corrected chi connectivity index (χ2v) is 7.99. The molecule has 0 unspecified atom stereocenters. The van der Waals surface area contributed by atoms with Gasteiger partial charge in [-0.3, -0.25) is 14.3 Å². The van der Waals surface area contributed by atoms with Crippen molar-refractivity contribution in [3.63, 3.8) is 0 Å². The molecular formula is C21H26N4O4. The molecule has 0 bridgehead atoms. The summed E-state index contributed by atoms with van der Waals surface area (Å²) in [5.74, 6) is -1.20. The predicted molar refractivity (Wildman–Crippen MR) is 106 cm³/mol. The molecule has 0 saturated carbocycles. The van der Waals surface area contributed by atoms with Gasteiger partial charge < -0.3 is 15.0 Å². The van der Waals surface area contributed by atoms with Crippen LogP contribution in [0.15, 0.2) is 17.1 Å². The van der Waals surface area contributed by atoms with Crippen LogP contribution in [0.25, 0.3) is 0 Å². The van der Waals surface area contributed by atoms with E-state index in [4.69, 9.17) is 0 Å². The normalized spacial score (nSPS) is 17.6. The van der Waals surface area contributed by atoms with Crippen molar-refractivity contribution in [2.75, 3.05) is 13.1 Å². The molecule has 2 aromatic rings. The molecule has 29 heavy (non-hydrogen) atoms. The molecule has 0 atom stereocenters. The van der Waals surface area contributed by atoms with Crippen molar-refractivity contribution in [2.24, 2.45) is 0 Å². The van der Waals surface area contributed by atoms with Crippen LogP contribution in [0.1, 0.15) is 75.8 Å². The number of nitrogens with zero attached hydrogens (tertiary/aromatic N) is 3. The third-order valence-corrected chi connectivity index (χ3v) is 6.19. The molecule has 1 fully saturated rings. The van der Waals surface area contributed by atoms with Crippen LogP contribution in [0.4, 0.5) is 0 Å². The fourth-order valence-electron chi connectivity index (χ4n) is 4.50. The molecule has 8 heteroatoms. The number of amides is 1. The summed E-state index contributed by atoms with van der Waals surface area (Å²) in [6.45, 7) is 2.78. The summed E-state index contributed by atoms with van der Waals surface area (Å²) in [5.41, 5.74) is 2.84. The van der Waals surface area contributed by atoms with E-state index in [1.807, 2.05) is 0 Å². The van der Waals surface area contributed by atoms with Gasteiger partial charge in [-0.15, -0.1) is 0 Å². The number of hydrogen-bond donors (Lipinski definition) is 2. The zero-order valence-corrected chi connectivity index (χ0v) is 16.6. The van der Waals surface area contributed by atoms with E-state index in [1.165, 1.54) is 6.20 Å². The molecule has 4 rings (SSSR count). The highest BCUT2D eigenvalue weighted by Crippen LogP contribution is 2.26. The largest absolute Gasteiger partial charge is 0.478 e. The first-order valence-corrected chi connectivity index (χ1v) is 10.3. The number of aromatic amines is 1. The monoisotopic (exact) mass is 398 g/mol. The number of carbonyl (C=O) groups is 2. The van der Waals surface area contributed by atoms with Crippen molar-refractivity contribution < 1.29 is 14.7 Å². The van der Waals surface area contributed by atoms with Gasteiger partial charge in [-0.05, 0) is 57.1 Å². The SMILES string of the molecule is Cc1c(C(=O)O)cnn1C1CCN(C(=O)c2cc3c([nH]c2=O)CCCCC3)CC1. The first kappa shape index (κ1) is 19.4. The van der Waals surface area contributed by atoms with Crippen LogP contribution in [0.2, 0.25) is 0 Å². The van der Waals surface area contributed by atoms with Crippen molar-refractivity contribution in [3.05, 3.63) is 50.7 Å². The zero-order valence-electron chi connectivity index (χ0n) is 16.6. The van der Waals surface area contributed by atoms with Crippen LogP contribution in [-0.2, 0) is 12.8 Å². The van der Waals surface area contributed by atoms with Crippen LogP contribution in [-0.4, -0.2) is 49.7 Å². The van der Waals surface area contributed by atoms with Crippen molar-refractivity contribution in [1.29, 1.82) is 0 Å². The zero-order chi connectivity index (χ0) is 20.5. The van der Waals surface area contributed by atoms with Crippen LogP contribution < -0.4 is 5.56 Å². The number of aromatic carboxylic acids is 1.